The van der Waals surface area contributed by atoms with E-state index in [-0.39, 0.29) is 11.1 Å². The number of hydrogen-bond donors (Lipinski definition) is 0. The molecule has 11 heteroatoms. The molecule has 0 bridgehead atoms. The highest BCUT2D eigenvalue weighted by Crippen LogP contribution is 2.37. The van der Waals surface area contributed by atoms with Crippen LogP contribution >= 0.6 is 46.3 Å². The largest absolute Gasteiger partial charge is 0.496 e. The number of carbonyl (C=O) groups excluding carboxylic acids is 1. The zero-order valence-electron chi connectivity index (χ0n) is 20.4. The van der Waals surface area contributed by atoms with Crippen molar-refractivity contribution in [1.82, 2.24) is 4.57 Å². The topological polar surface area (TPSA) is 83.0 Å². The number of esters is 1. The molecule has 0 unspecified atom stereocenters. The summed E-state index contributed by atoms with van der Waals surface area (Å²) < 4.78 is 18.4. The first-order valence-corrected chi connectivity index (χ1v) is 13.7. The van der Waals surface area contributed by atoms with Crippen molar-refractivity contribution in [2.24, 2.45) is 4.99 Å². The molecule has 2 aromatic heterocycles. The number of thiazole rings is 1. The number of ether oxygens (including phenoxy) is 2. The summed E-state index contributed by atoms with van der Waals surface area (Å²) in [6.45, 7) is 1.71. The molecule has 1 aliphatic rings. The molecular weight excluding hydrogens is 567 g/mol. The standard InChI is InChI=1S/C27H20Cl2N2O5S2/c1-14-23(26(33)35-3)24(19-12-16(29)6-10-20(19)34-2)31-25(32)21(38-27(31)30-14)13-17-7-11-22(36-17)37-18-8-4-15(28)5-9-18/h4-13,24H,1-3H3/b21-13-/t24-/m0/s1. The Hall–Kier alpha value is -3.24. The Morgan fingerprint density at radius 3 is 2.55 bits per heavy atom. The summed E-state index contributed by atoms with van der Waals surface area (Å²) in [4.78, 5) is 32.6. The lowest BCUT2D eigenvalue weighted by molar-refractivity contribution is -0.136. The van der Waals surface area contributed by atoms with Crippen LogP contribution in [0.25, 0.3) is 6.08 Å². The highest BCUT2D eigenvalue weighted by Gasteiger charge is 2.35. The number of rotatable bonds is 6. The van der Waals surface area contributed by atoms with Crippen molar-refractivity contribution in [2.45, 2.75) is 23.0 Å². The first-order valence-electron chi connectivity index (χ1n) is 11.3. The smallest absolute Gasteiger partial charge is 0.338 e. The van der Waals surface area contributed by atoms with Gasteiger partial charge in [0, 0.05) is 26.6 Å². The molecule has 0 radical (unpaired) electrons. The SMILES string of the molecule is COC(=O)C1=C(C)N=c2s/c(=C\c3ccc(Sc4ccc(Cl)cc4)o3)c(=O)n2[C@H]1c1cc(Cl)ccc1OC. The highest BCUT2D eigenvalue weighted by atomic mass is 35.5. The van der Waals surface area contributed by atoms with Crippen LogP contribution in [0.3, 0.4) is 0 Å². The van der Waals surface area contributed by atoms with Crippen LogP contribution < -0.4 is 19.6 Å². The first-order chi connectivity index (χ1) is 18.3. The third-order valence-corrected chi connectivity index (χ3v) is 8.22. The molecule has 0 N–H and O–H groups in total. The third kappa shape index (κ3) is 5.07. The number of hydrogen-bond acceptors (Lipinski definition) is 8. The van der Waals surface area contributed by atoms with Crippen LogP contribution in [0.4, 0.5) is 0 Å². The molecule has 194 valence electrons. The number of furan rings is 1. The van der Waals surface area contributed by atoms with E-state index in [9.17, 15) is 9.59 Å². The van der Waals surface area contributed by atoms with Gasteiger partial charge >= 0.3 is 5.97 Å². The maximum Gasteiger partial charge on any atom is 0.338 e. The number of nitrogens with zero attached hydrogens (tertiary/aromatic N) is 2. The molecular formula is C27H20Cl2N2O5S2. The van der Waals surface area contributed by atoms with Crippen molar-refractivity contribution in [3.8, 4) is 5.75 Å². The number of benzene rings is 2. The molecule has 0 saturated carbocycles. The Bertz CT molecular complexity index is 1750. The van der Waals surface area contributed by atoms with Gasteiger partial charge in [-0.1, -0.05) is 46.3 Å². The van der Waals surface area contributed by atoms with Gasteiger partial charge < -0.3 is 13.9 Å². The fraction of sp³-hybridized carbons (Fsp3) is 0.148. The summed E-state index contributed by atoms with van der Waals surface area (Å²) in [5.41, 5.74) is 0.878. The van der Waals surface area contributed by atoms with E-state index in [4.69, 9.17) is 37.1 Å². The zero-order valence-corrected chi connectivity index (χ0v) is 23.5. The lowest BCUT2D eigenvalue weighted by Gasteiger charge is -2.25. The van der Waals surface area contributed by atoms with Crippen LogP contribution in [0.15, 0.2) is 90.1 Å². The van der Waals surface area contributed by atoms with Gasteiger partial charge in [-0.2, -0.15) is 0 Å². The van der Waals surface area contributed by atoms with Gasteiger partial charge in [-0.3, -0.25) is 9.36 Å². The molecule has 5 rings (SSSR count). The van der Waals surface area contributed by atoms with Crippen LogP contribution in [0.2, 0.25) is 10.0 Å². The number of fused-ring (bicyclic) bond motifs is 1. The highest BCUT2D eigenvalue weighted by molar-refractivity contribution is 7.99. The minimum Gasteiger partial charge on any atom is -0.496 e. The zero-order chi connectivity index (χ0) is 27.0. The number of methoxy groups -OCH3 is 2. The van der Waals surface area contributed by atoms with E-state index >= 15 is 0 Å². The lowest BCUT2D eigenvalue weighted by atomic mass is 9.95. The van der Waals surface area contributed by atoms with Gasteiger partial charge in [0.05, 0.1) is 30.0 Å². The summed E-state index contributed by atoms with van der Waals surface area (Å²) in [5, 5.41) is 1.75. The Labute approximate surface area is 235 Å². The summed E-state index contributed by atoms with van der Waals surface area (Å²) >= 11 is 14.9. The summed E-state index contributed by atoms with van der Waals surface area (Å²) in [5.74, 6) is 0.384. The quantitative estimate of drug-likeness (QED) is 0.279. The fourth-order valence-electron chi connectivity index (χ4n) is 4.12. The van der Waals surface area contributed by atoms with Crippen LogP contribution in [-0.4, -0.2) is 24.8 Å². The van der Waals surface area contributed by atoms with Crippen molar-refractivity contribution in [2.75, 3.05) is 14.2 Å². The van der Waals surface area contributed by atoms with E-state index in [0.29, 0.717) is 47.2 Å². The Kier molecular flexibility index (Phi) is 7.54. The monoisotopic (exact) mass is 586 g/mol. The van der Waals surface area contributed by atoms with E-state index in [1.165, 1.54) is 41.9 Å². The van der Waals surface area contributed by atoms with Gasteiger partial charge in [0.25, 0.3) is 5.56 Å². The number of carbonyl (C=O) groups is 1. The second kappa shape index (κ2) is 10.9. The molecule has 4 aromatic rings. The number of aromatic nitrogens is 1. The maximum atomic E-state index is 13.8. The van der Waals surface area contributed by atoms with Crippen LogP contribution in [0.1, 0.15) is 24.3 Å². The summed E-state index contributed by atoms with van der Waals surface area (Å²) in [7, 11) is 2.80. The molecule has 2 aromatic carbocycles. The predicted octanol–water partition coefficient (Wildman–Crippen LogP) is 5.47. The maximum absolute atomic E-state index is 13.8. The van der Waals surface area contributed by atoms with Gasteiger partial charge in [0.2, 0.25) is 0 Å². The van der Waals surface area contributed by atoms with E-state index in [1.54, 1.807) is 37.3 Å². The molecule has 3 heterocycles. The predicted molar refractivity (Wildman–Crippen MR) is 148 cm³/mol. The van der Waals surface area contributed by atoms with Crippen LogP contribution in [-0.2, 0) is 9.53 Å². The molecule has 0 saturated heterocycles. The first kappa shape index (κ1) is 26.4. The van der Waals surface area contributed by atoms with Crippen LogP contribution in [0, 0.1) is 0 Å². The van der Waals surface area contributed by atoms with Gasteiger partial charge in [-0.05, 0) is 61.5 Å². The Balaban J connectivity index is 1.61. The fourth-order valence-corrected chi connectivity index (χ4v) is 6.23. The summed E-state index contributed by atoms with van der Waals surface area (Å²) in [6.07, 6.45) is 1.67. The molecule has 38 heavy (non-hydrogen) atoms. The normalized spacial score (nSPS) is 15.3. The van der Waals surface area contributed by atoms with Crippen molar-refractivity contribution >= 4 is 58.3 Å². The van der Waals surface area contributed by atoms with Gasteiger partial charge in [-0.25, -0.2) is 9.79 Å². The van der Waals surface area contributed by atoms with Crippen LogP contribution in [0.5, 0.6) is 5.75 Å². The molecule has 0 aliphatic carbocycles. The van der Waals surface area contributed by atoms with Crippen molar-refractivity contribution in [1.29, 1.82) is 0 Å². The van der Waals surface area contributed by atoms with Crippen molar-refractivity contribution < 1.29 is 18.7 Å². The molecule has 0 fully saturated rings. The van der Waals surface area contributed by atoms with Gasteiger partial charge in [-0.15, -0.1) is 0 Å². The minimum absolute atomic E-state index is 0.228. The molecule has 0 spiro atoms. The average Bonchev–Trinajstić information content (AvgIpc) is 3.47. The Morgan fingerprint density at radius 2 is 1.84 bits per heavy atom. The molecule has 0 amide bonds. The molecule has 7 nitrogen and oxygen atoms in total. The number of allylic oxidation sites excluding steroid dienone is 1. The van der Waals surface area contributed by atoms with Crippen molar-refractivity contribution in [3.63, 3.8) is 0 Å². The van der Waals surface area contributed by atoms with Gasteiger partial charge in [0.15, 0.2) is 9.89 Å². The third-order valence-electron chi connectivity index (χ3n) is 5.82. The van der Waals surface area contributed by atoms with E-state index in [1.807, 2.05) is 30.3 Å². The molecule has 1 aliphatic heterocycles. The summed E-state index contributed by atoms with van der Waals surface area (Å²) in [6, 6.07) is 15.3. The number of halogens is 2. The van der Waals surface area contributed by atoms with E-state index in [0.717, 1.165) is 4.90 Å². The Morgan fingerprint density at radius 1 is 1.11 bits per heavy atom. The lowest BCUT2D eigenvalue weighted by Crippen LogP contribution is -2.40. The second-order valence-electron chi connectivity index (χ2n) is 8.17. The van der Waals surface area contributed by atoms with E-state index < -0.39 is 12.0 Å². The minimum atomic E-state index is -0.845. The van der Waals surface area contributed by atoms with Gasteiger partial charge in [0.1, 0.15) is 17.6 Å². The van der Waals surface area contributed by atoms with Crippen molar-refractivity contribution in [3.05, 3.63) is 107 Å². The van der Waals surface area contributed by atoms with E-state index in [2.05, 4.69) is 4.99 Å². The second-order valence-corrected chi connectivity index (χ2v) is 11.1. The average molecular weight is 588 g/mol. The molecule has 1 atom stereocenters.